The molecule has 0 bridgehead atoms. The third-order valence-corrected chi connectivity index (χ3v) is 5.32. The van der Waals surface area contributed by atoms with Crippen LogP contribution in [0.2, 0.25) is 0 Å². The molecule has 1 aromatic rings. The predicted molar refractivity (Wildman–Crippen MR) is 89.2 cm³/mol. The van der Waals surface area contributed by atoms with E-state index >= 15 is 0 Å². The summed E-state index contributed by atoms with van der Waals surface area (Å²) in [6, 6.07) is -0.0326. The molecule has 0 aromatic carbocycles. The number of hydrogen-bond donors (Lipinski definition) is 3. The number of nitrogens with one attached hydrogen (secondary N) is 2. The highest BCUT2D eigenvalue weighted by atomic mass is 32.1. The van der Waals surface area contributed by atoms with E-state index in [-0.39, 0.29) is 24.6 Å². The Balaban J connectivity index is 1.72. The third-order valence-electron chi connectivity index (χ3n) is 4.28. The van der Waals surface area contributed by atoms with Gasteiger partial charge in [-0.25, -0.2) is 9.78 Å². The van der Waals surface area contributed by atoms with Crippen molar-refractivity contribution in [3.05, 3.63) is 16.1 Å². The van der Waals surface area contributed by atoms with E-state index in [1.807, 2.05) is 0 Å². The van der Waals surface area contributed by atoms with Gasteiger partial charge >= 0.3 is 6.03 Å². The van der Waals surface area contributed by atoms with Crippen molar-refractivity contribution in [1.29, 1.82) is 0 Å². The van der Waals surface area contributed by atoms with Gasteiger partial charge in [-0.2, -0.15) is 0 Å². The fraction of sp³-hybridized carbons (Fsp3) is 0.750. The van der Waals surface area contributed by atoms with E-state index in [1.54, 1.807) is 11.3 Å². The lowest BCUT2D eigenvalue weighted by atomic mass is 9.96. The molecule has 22 heavy (non-hydrogen) atoms. The molecule has 2 amide bonds. The number of amides is 2. The molecule has 5 nitrogen and oxygen atoms in total. The Hall–Kier alpha value is -1.14. The number of carbonyl (C=O) groups is 1. The van der Waals surface area contributed by atoms with Crippen LogP contribution in [-0.2, 0) is 12.8 Å². The molecule has 3 N–H and O–H groups in total. The van der Waals surface area contributed by atoms with E-state index in [9.17, 15) is 9.90 Å². The monoisotopic (exact) mass is 325 g/mol. The van der Waals surface area contributed by atoms with Crippen LogP contribution in [0.5, 0.6) is 0 Å². The number of rotatable bonds is 6. The van der Waals surface area contributed by atoms with Gasteiger partial charge in [-0.05, 0) is 19.3 Å². The molecule has 1 aliphatic rings. The van der Waals surface area contributed by atoms with Gasteiger partial charge in [0.05, 0.1) is 10.7 Å². The first-order chi connectivity index (χ1) is 10.7. The second-order valence-electron chi connectivity index (χ2n) is 5.92. The van der Waals surface area contributed by atoms with Crippen molar-refractivity contribution < 1.29 is 9.90 Å². The van der Waals surface area contributed by atoms with Gasteiger partial charge in [0.1, 0.15) is 0 Å². The number of aliphatic hydroxyl groups is 1. The molecule has 2 unspecified atom stereocenters. The number of thiazole rings is 1. The molecule has 2 atom stereocenters. The minimum Gasteiger partial charge on any atom is -0.396 e. The fourth-order valence-corrected chi connectivity index (χ4v) is 3.72. The third kappa shape index (κ3) is 5.25. The number of aromatic nitrogens is 1. The molecule has 1 heterocycles. The van der Waals surface area contributed by atoms with Crippen LogP contribution in [0.15, 0.2) is 5.38 Å². The maximum Gasteiger partial charge on any atom is 0.315 e. The molecule has 0 aliphatic heterocycles. The Kier molecular flexibility index (Phi) is 7.12. The zero-order valence-corrected chi connectivity index (χ0v) is 14.1. The molecule has 2 rings (SSSR count). The zero-order chi connectivity index (χ0) is 15.8. The Bertz CT molecular complexity index is 464. The summed E-state index contributed by atoms with van der Waals surface area (Å²) in [5, 5.41) is 18.6. The van der Waals surface area contributed by atoms with E-state index in [1.165, 1.54) is 6.42 Å². The molecule has 1 aromatic heterocycles. The molecule has 6 heteroatoms. The van der Waals surface area contributed by atoms with Gasteiger partial charge in [0, 0.05) is 36.9 Å². The van der Waals surface area contributed by atoms with Crippen molar-refractivity contribution >= 4 is 17.4 Å². The average molecular weight is 325 g/mol. The van der Waals surface area contributed by atoms with Crippen LogP contribution in [0.1, 0.15) is 49.7 Å². The first-order valence-electron chi connectivity index (χ1n) is 8.31. The highest BCUT2D eigenvalue weighted by Crippen LogP contribution is 2.23. The summed E-state index contributed by atoms with van der Waals surface area (Å²) < 4.78 is 0. The van der Waals surface area contributed by atoms with Crippen LogP contribution < -0.4 is 10.6 Å². The highest BCUT2D eigenvalue weighted by molar-refractivity contribution is 7.09. The normalized spacial score (nSPS) is 22.1. The molecule has 124 valence electrons. The van der Waals surface area contributed by atoms with E-state index in [0.29, 0.717) is 6.54 Å². The number of aliphatic hydroxyl groups excluding tert-OH is 1. The van der Waals surface area contributed by atoms with Crippen LogP contribution in [-0.4, -0.2) is 35.3 Å². The minimum atomic E-state index is -0.128. The van der Waals surface area contributed by atoms with Gasteiger partial charge in [-0.1, -0.05) is 26.2 Å². The summed E-state index contributed by atoms with van der Waals surface area (Å²) in [5.74, 6) is 0.193. The van der Waals surface area contributed by atoms with Gasteiger partial charge < -0.3 is 15.7 Å². The van der Waals surface area contributed by atoms with E-state index in [4.69, 9.17) is 0 Å². The smallest absolute Gasteiger partial charge is 0.315 e. The number of aryl methyl sites for hydroxylation is 1. The van der Waals surface area contributed by atoms with E-state index in [2.05, 4.69) is 27.9 Å². The molecular weight excluding hydrogens is 298 g/mol. The molecule has 1 aliphatic carbocycles. The summed E-state index contributed by atoms with van der Waals surface area (Å²) in [6.07, 6.45) is 7.15. The van der Waals surface area contributed by atoms with Crippen LogP contribution in [0.3, 0.4) is 0 Å². The molecule has 1 fully saturated rings. The van der Waals surface area contributed by atoms with Crippen molar-refractivity contribution in [3.8, 4) is 0 Å². The number of carbonyl (C=O) groups excluding carboxylic acids is 1. The molecule has 0 spiro atoms. The summed E-state index contributed by atoms with van der Waals surface area (Å²) >= 11 is 1.68. The largest absolute Gasteiger partial charge is 0.396 e. The average Bonchev–Trinajstić information content (AvgIpc) is 2.86. The van der Waals surface area contributed by atoms with Gasteiger partial charge in [0.2, 0.25) is 0 Å². The second kappa shape index (κ2) is 9.10. The minimum absolute atomic E-state index is 0.0958. The van der Waals surface area contributed by atoms with E-state index in [0.717, 1.165) is 49.2 Å². The van der Waals surface area contributed by atoms with Gasteiger partial charge in [0.15, 0.2) is 0 Å². The van der Waals surface area contributed by atoms with Crippen LogP contribution in [0, 0.1) is 5.92 Å². The van der Waals surface area contributed by atoms with Crippen molar-refractivity contribution in [1.82, 2.24) is 15.6 Å². The quantitative estimate of drug-likeness (QED) is 0.704. The molecule has 0 saturated heterocycles. The standard InChI is InChI=1S/C16H27N3O2S/c1-2-15-18-13(11-22-15)8-9-17-16(21)19-14-7-5-3-4-6-12(14)10-20/h11-12,14,20H,2-10H2,1H3,(H2,17,19,21). The SMILES string of the molecule is CCc1nc(CCNC(=O)NC2CCCCCC2CO)cs1. The summed E-state index contributed by atoms with van der Waals surface area (Å²) in [7, 11) is 0. The fourth-order valence-electron chi connectivity index (χ4n) is 2.94. The maximum absolute atomic E-state index is 12.0. The zero-order valence-electron chi connectivity index (χ0n) is 13.3. The summed E-state index contributed by atoms with van der Waals surface area (Å²) in [6.45, 7) is 2.84. The Labute approximate surface area is 136 Å². The van der Waals surface area contributed by atoms with Crippen LogP contribution in [0.25, 0.3) is 0 Å². The first-order valence-corrected chi connectivity index (χ1v) is 9.19. The van der Waals surface area contributed by atoms with Crippen LogP contribution in [0.4, 0.5) is 4.79 Å². The maximum atomic E-state index is 12.0. The highest BCUT2D eigenvalue weighted by Gasteiger charge is 2.24. The van der Waals surface area contributed by atoms with Crippen molar-refractivity contribution in [2.24, 2.45) is 5.92 Å². The van der Waals surface area contributed by atoms with Crippen molar-refractivity contribution in [3.63, 3.8) is 0 Å². The van der Waals surface area contributed by atoms with Crippen LogP contribution >= 0.6 is 11.3 Å². The first kappa shape index (κ1) is 17.2. The Morgan fingerprint density at radius 3 is 2.95 bits per heavy atom. The van der Waals surface area contributed by atoms with Gasteiger partial charge in [-0.3, -0.25) is 0 Å². The Morgan fingerprint density at radius 1 is 1.41 bits per heavy atom. The molecular formula is C16H27N3O2S. The number of nitrogens with zero attached hydrogens (tertiary/aromatic N) is 1. The summed E-state index contributed by atoms with van der Waals surface area (Å²) in [4.78, 5) is 16.5. The van der Waals surface area contributed by atoms with Gasteiger partial charge in [-0.15, -0.1) is 11.3 Å². The summed E-state index contributed by atoms with van der Waals surface area (Å²) in [5.41, 5.74) is 1.05. The lowest BCUT2D eigenvalue weighted by Gasteiger charge is -2.24. The number of hydrogen-bond acceptors (Lipinski definition) is 4. The lowest BCUT2D eigenvalue weighted by Crippen LogP contribution is -2.46. The lowest BCUT2D eigenvalue weighted by molar-refractivity contribution is 0.179. The topological polar surface area (TPSA) is 74.2 Å². The molecule has 0 radical (unpaired) electrons. The molecule has 1 saturated carbocycles. The second-order valence-corrected chi connectivity index (χ2v) is 6.87. The Morgan fingerprint density at radius 2 is 2.23 bits per heavy atom. The van der Waals surface area contributed by atoms with Crippen molar-refractivity contribution in [2.45, 2.75) is 57.9 Å². The predicted octanol–water partition coefficient (Wildman–Crippen LogP) is 2.49. The van der Waals surface area contributed by atoms with Crippen molar-refractivity contribution in [2.75, 3.05) is 13.2 Å². The van der Waals surface area contributed by atoms with E-state index < -0.39 is 0 Å². The van der Waals surface area contributed by atoms with Gasteiger partial charge in [0.25, 0.3) is 0 Å². The number of urea groups is 1.